The average Bonchev–Trinajstić information content (AvgIpc) is 2.46. The molecule has 0 N–H and O–H groups in total. The third kappa shape index (κ3) is 3.23. The van der Waals surface area contributed by atoms with Gasteiger partial charge < -0.3 is 14.5 Å². The highest BCUT2D eigenvalue weighted by atomic mass is 19.1. The van der Waals surface area contributed by atoms with E-state index in [0.29, 0.717) is 13.1 Å². The highest BCUT2D eigenvalue weighted by Crippen LogP contribution is 2.17. The first kappa shape index (κ1) is 13.8. The molecule has 0 aliphatic carbocycles. The summed E-state index contributed by atoms with van der Waals surface area (Å²) in [5.74, 6) is -0.201. The Balaban J connectivity index is 1.92. The first-order chi connectivity index (χ1) is 9.11. The average molecular weight is 266 g/mol. The van der Waals surface area contributed by atoms with E-state index in [-0.39, 0.29) is 11.7 Å². The van der Waals surface area contributed by atoms with E-state index in [1.54, 1.807) is 19.1 Å². The molecule has 0 radical (unpaired) electrons. The second-order valence-electron chi connectivity index (χ2n) is 4.67. The van der Waals surface area contributed by atoms with Crippen molar-refractivity contribution in [1.29, 1.82) is 0 Å². The maximum atomic E-state index is 12.9. The standard InChI is InChI=1S/C14H19FN2O2/c1-11(19-2)14(18)17-9-7-16(8-10-17)13-5-3-12(15)4-6-13/h3-6,11H,7-10H2,1-2H3. The fraction of sp³-hybridized carbons (Fsp3) is 0.500. The zero-order chi connectivity index (χ0) is 13.8. The van der Waals surface area contributed by atoms with Crippen LogP contribution in [0.3, 0.4) is 0 Å². The SMILES string of the molecule is COC(C)C(=O)N1CCN(c2ccc(F)cc2)CC1. The molecule has 1 heterocycles. The molecule has 1 atom stereocenters. The minimum Gasteiger partial charge on any atom is -0.372 e. The Kier molecular flexibility index (Phi) is 4.37. The van der Waals surface area contributed by atoms with Crippen molar-refractivity contribution in [2.75, 3.05) is 38.2 Å². The first-order valence-electron chi connectivity index (χ1n) is 6.44. The summed E-state index contributed by atoms with van der Waals surface area (Å²) in [6.07, 6.45) is -0.391. The van der Waals surface area contributed by atoms with Crippen LogP contribution < -0.4 is 4.90 Å². The minimum absolute atomic E-state index is 0.0289. The molecule has 1 aliphatic heterocycles. The number of nitrogens with zero attached hydrogens (tertiary/aromatic N) is 2. The van der Waals surface area contributed by atoms with Crippen LogP contribution in [0.25, 0.3) is 0 Å². The van der Waals surface area contributed by atoms with Crippen molar-refractivity contribution >= 4 is 11.6 Å². The third-order valence-electron chi connectivity index (χ3n) is 3.48. The second kappa shape index (κ2) is 6.02. The number of carbonyl (C=O) groups is 1. The number of amides is 1. The van der Waals surface area contributed by atoms with Crippen LogP contribution in [0.5, 0.6) is 0 Å². The lowest BCUT2D eigenvalue weighted by Gasteiger charge is -2.37. The van der Waals surface area contributed by atoms with Crippen molar-refractivity contribution in [3.05, 3.63) is 30.1 Å². The molecule has 1 amide bonds. The lowest BCUT2D eigenvalue weighted by atomic mass is 10.2. The van der Waals surface area contributed by atoms with Crippen LogP contribution in [0.2, 0.25) is 0 Å². The van der Waals surface area contributed by atoms with Crippen LogP contribution in [-0.4, -0.2) is 50.2 Å². The van der Waals surface area contributed by atoms with Crippen LogP contribution in [0.1, 0.15) is 6.92 Å². The van der Waals surface area contributed by atoms with Gasteiger partial charge in [-0.05, 0) is 31.2 Å². The van der Waals surface area contributed by atoms with Gasteiger partial charge in [-0.15, -0.1) is 0 Å². The van der Waals surface area contributed by atoms with E-state index in [1.807, 2.05) is 4.90 Å². The van der Waals surface area contributed by atoms with Crippen molar-refractivity contribution in [3.8, 4) is 0 Å². The minimum atomic E-state index is -0.391. The molecule has 2 rings (SSSR count). The van der Waals surface area contributed by atoms with E-state index >= 15 is 0 Å². The van der Waals surface area contributed by atoms with Gasteiger partial charge in [0.05, 0.1) is 0 Å². The Labute approximate surface area is 112 Å². The van der Waals surface area contributed by atoms with Crippen molar-refractivity contribution in [2.45, 2.75) is 13.0 Å². The summed E-state index contributed by atoms with van der Waals surface area (Å²) in [7, 11) is 1.54. The van der Waals surface area contributed by atoms with Gasteiger partial charge in [-0.1, -0.05) is 0 Å². The predicted molar refractivity (Wildman–Crippen MR) is 71.7 cm³/mol. The van der Waals surface area contributed by atoms with Gasteiger partial charge >= 0.3 is 0 Å². The zero-order valence-corrected chi connectivity index (χ0v) is 11.3. The number of anilines is 1. The zero-order valence-electron chi connectivity index (χ0n) is 11.3. The van der Waals surface area contributed by atoms with Crippen molar-refractivity contribution < 1.29 is 13.9 Å². The number of rotatable bonds is 3. The molecule has 1 fully saturated rings. The quantitative estimate of drug-likeness (QED) is 0.831. The smallest absolute Gasteiger partial charge is 0.251 e. The molecule has 4 nitrogen and oxygen atoms in total. The van der Waals surface area contributed by atoms with Gasteiger partial charge in [0.15, 0.2) is 0 Å². The van der Waals surface area contributed by atoms with Crippen molar-refractivity contribution in [1.82, 2.24) is 4.90 Å². The van der Waals surface area contributed by atoms with Gasteiger partial charge in [0.2, 0.25) is 0 Å². The molecule has 1 unspecified atom stereocenters. The van der Waals surface area contributed by atoms with Gasteiger partial charge in [-0.3, -0.25) is 4.79 Å². The van der Waals surface area contributed by atoms with Crippen molar-refractivity contribution in [2.24, 2.45) is 0 Å². The first-order valence-corrected chi connectivity index (χ1v) is 6.44. The number of methoxy groups -OCH3 is 1. The molecule has 1 aliphatic rings. The van der Waals surface area contributed by atoms with Crippen LogP contribution >= 0.6 is 0 Å². The van der Waals surface area contributed by atoms with Gasteiger partial charge in [-0.25, -0.2) is 4.39 Å². The van der Waals surface area contributed by atoms with Crippen LogP contribution in [-0.2, 0) is 9.53 Å². The predicted octanol–water partition coefficient (Wildman–Crippen LogP) is 1.51. The topological polar surface area (TPSA) is 32.8 Å². The molecule has 104 valence electrons. The molecule has 0 bridgehead atoms. The van der Waals surface area contributed by atoms with E-state index in [9.17, 15) is 9.18 Å². The van der Waals surface area contributed by atoms with Gasteiger partial charge in [0.25, 0.3) is 5.91 Å². The van der Waals surface area contributed by atoms with Crippen LogP contribution in [0.15, 0.2) is 24.3 Å². The van der Waals surface area contributed by atoms with Gasteiger partial charge in [0.1, 0.15) is 11.9 Å². The maximum absolute atomic E-state index is 12.9. The lowest BCUT2D eigenvalue weighted by Crippen LogP contribution is -2.51. The van der Waals surface area contributed by atoms with E-state index < -0.39 is 6.10 Å². The summed E-state index contributed by atoms with van der Waals surface area (Å²) in [6, 6.07) is 6.45. The number of carbonyl (C=O) groups excluding carboxylic acids is 1. The number of halogens is 1. The Morgan fingerprint density at radius 1 is 1.21 bits per heavy atom. The van der Waals surface area contributed by atoms with E-state index in [4.69, 9.17) is 4.74 Å². The highest BCUT2D eigenvalue weighted by molar-refractivity contribution is 5.80. The van der Waals surface area contributed by atoms with E-state index in [1.165, 1.54) is 19.2 Å². The molecule has 1 aromatic carbocycles. The summed E-state index contributed by atoms with van der Waals surface area (Å²) >= 11 is 0. The largest absolute Gasteiger partial charge is 0.372 e. The number of hydrogen-bond acceptors (Lipinski definition) is 3. The fourth-order valence-corrected chi connectivity index (χ4v) is 2.19. The molecule has 1 saturated heterocycles. The second-order valence-corrected chi connectivity index (χ2v) is 4.67. The maximum Gasteiger partial charge on any atom is 0.251 e. The van der Waals surface area contributed by atoms with Crippen LogP contribution in [0, 0.1) is 5.82 Å². The summed E-state index contributed by atoms with van der Waals surface area (Å²) in [5, 5.41) is 0. The van der Waals surface area contributed by atoms with Gasteiger partial charge in [0, 0.05) is 39.0 Å². The fourth-order valence-electron chi connectivity index (χ4n) is 2.19. The number of piperazine rings is 1. The molecule has 0 saturated carbocycles. The Bertz CT molecular complexity index is 428. The van der Waals surface area contributed by atoms with E-state index in [0.717, 1.165) is 18.8 Å². The molecule has 19 heavy (non-hydrogen) atoms. The van der Waals surface area contributed by atoms with Gasteiger partial charge in [-0.2, -0.15) is 0 Å². The van der Waals surface area contributed by atoms with Crippen LogP contribution in [0.4, 0.5) is 10.1 Å². The monoisotopic (exact) mass is 266 g/mol. The highest BCUT2D eigenvalue weighted by Gasteiger charge is 2.24. The Morgan fingerprint density at radius 2 is 1.79 bits per heavy atom. The van der Waals surface area contributed by atoms with E-state index in [2.05, 4.69) is 4.90 Å². The Morgan fingerprint density at radius 3 is 2.32 bits per heavy atom. The molecule has 5 heteroatoms. The summed E-state index contributed by atoms with van der Waals surface area (Å²) in [6.45, 7) is 4.62. The Hall–Kier alpha value is -1.62. The summed E-state index contributed by atoms with van der Waals surface area (Å²) in [4.78, 5) is 15.9. The lowest BCUT2D eigenvalue weighted by molar-refractivity contribution is -0.141. The molecule has 0 aromatic heterocycles. The number of hydrogen-bond donors (Lipinski definition) is 0. The molecule has 0 spiro atoms. The summed E-state index contributed by atoms with van der Waals surface area (Å²) < 4.78 is 17.9. The third-order valence-corrected chi connectivity index (χ3v) is 3.48. The molecular formula is C14H19FN2O2. The number of ether oxygens (including phenoxy) is 1. The number of benzene rings is 1. The molecule has 1 aromatic rings. The normalized spacial score (nSPS) is 17.4. The van der Waals surface area contributed by atoms with Crippen molar-refractivity contribution in [3.63, 3.8) is 0 Å². The molecular weight excluding hydrogens is 247 g/mol. The summed E-state index contributed by atoms with van der Waals surface area (Å²) in [5.41, 5.74) is 0.994.